The summed E-state index contributed by atoms with van der Waals surface area (Å²) in [5.74, 6) is 1.41. The quantitative estimate of drug-likeness (QED) is 0.866. The Morgan fingerprint density at radius 3 is 2.47 bits per heavy atom. The van der Waals surface area contributed by atoms with Crippen molar-refractivity contribution in [3.05, 3.63) is 59.7 Å². The summed E-state index contributed by atoms with van der Waals surface area (Å²) in [6.07, 6.45) is 0.561. The van der Waals surface area contributed by atoms with Crippen LogP contribution < -0.4 is 9.47 Å². The van der Waals surface area contributed by atoms with E-state index in [4.69, 9.17) is 14.6 Å². The number of hydrogen-bond donors (Lipinski definition) is 1. The third-order valence-corrected chi connectivity index (χ3v) is 2.88. The maximum Gasteiger partial charge on any atom is 0.164 e. The molecule has 0 saturated carbocycles. The maximum atomic E-state index is 9.04. The highest BCUT2D eigenvalue weighted by atomic mass is 16.5. The molecule has 2 aromatic rings. The lowest BCUT2D eigenvalue weighted by Gasteiger charge is -2.14. The normalized spacial score (nSPS) is 10.2. The fourth-order valence-electron chi connectivity index (χ4n) is 1.96. The van der Waals surface area contributed by atoms with Gasteiger partial charge < -0.3 is 14.6 Å². The molecule has 0 saturated heterocycles. The second kappa shape index (κ2) is 6.81. The van der Waals surface area contributed by atoms with E-state index >= 15 is 0 Å². The monoisotopic (exact) mass is 258 g/mol. The van der Waals surface area contributed by atoms with Crippen LogP contribution in [0.5, 0.6) is 11.5 Å². The zero-order valence-corrected chi connectivity index (χ0v) is 11.0. The Balaban J connectivity index is 2.13. The third kappa shape index (κ3) is 3.48. The zero-order chi connectivity index (χ0) is 13.5. The molecule has 0 atom stereocenters. The van der Waals surface area contributed by atoms with Crippen LogP contribution in [0.1, 0.15) is 11.1 Å². The van der Waals surface area contributed by atoms with Crippen molar-refractivity contribution < 1.29 is 14.6 Å². The van der Waals surface area contributed by atoms with Gasteiger partial charge in [0.25, 0.3) is 0 Å². The lowest BCUT2D eigenvalue weighted by atomic mass is 10.1. The highest BCUT2D eigenvalue weighted by Crippen LogP contribution is 2.31. The Bertz CT molecular complexity index is 509. The molecular weight excluding hydrogens is 240 g/mol. The van der Waals surface area contributed by atoms with Crippen LogP contribution in [0.3, 0.4) is 0 Å². The molecule has 2 aromatic carbocycles. The van der Waals surface area contributed by atoms with Gasteiger partial charge in [0.2, 0.25) is 0 Å². The zero-order valence-electron chi connectivity index (χ0n) is 11.0. The molecule has 0 unspecified atom stereocenters. The molecule has 0 radical (unpaired) electrons. The van der Waals surface area contributed by atoms with E-state index in [1.165, 1.54) is 0 Å². The molecule has 0 amide bonds. The van der Waals surface area contributed by atoms with Gasteiger partial charge in [-0.05, 0) is 18.1 Å². The molecule has 0 aliphatic carbocycles. The molecule has 0 aliphatic rings. The van der Waals surface area contributed by atoms with Crippen molar-refractivity contribution in [2.24, 2.45) is 0 Å². The van der Waals surface area contributed by atoms with Crippen LogP contribution in [0.25, 0.3) is 0 Å². The van der Waals surface area contributed by atoms with E-state index in [0.717, 1.165) is 11.1 Å². The summed E-state index contributed by atoms with van der Waals surface area (Å²) in [4.78, 5) is 0. The van der Waals surface area contributed by atoms with Crippen molar-refractivity contribution in [3.63, 3.8) is 0 Å². The number of aliphatic hydroxyl groups excluding tert-OH is 1. The fraction of sp³-hybridized carbons (Fsp3) is 0.250. The third-order valence-electron chi connectivity index (χ3n) is 2.88. The minimum atomic E-state index is 0.0957. The second-order valence-electron chi connectivity index (χ2n) is 4.20. The topological polar surface area (TPSA) is 38.7 Å². The van der Waals surface area contributed by atoms with Gasteiger partial charge in [-0.25, -0.2) is 0 Å². The molecule has 100 valence electrons. The largest absolute Gasteiger partial charge is 0.493 e. The highest BCUT2D eigenvalue weighted by Gasteiger charge is 2.09. The summed E-state index contributed by atoms with van der Waals surface area (Å²) in [6, 6.07) is 15.7. The molecule has 0 spiro atoms. The Hall–Kier alpha value is -2.00. The van der Waals surface area contributed by atoms with E-state index < -0.39 is 0 Å². The smallest absolute Gasteiger partial charge is 0.164 e. The Morgan fingerprint density at radius 1 is 1.00 bits per heavy atom. The SMILES string of the molecule is COc1c(CCO)cccc1OCc1ccccc1. The number of benzene rings is 2. The lowest BCUT2D eigenvalue weighted by molar-refractivity contribution is 0.277. The van der Waals surface area contributed by atoms with Crippen molar-refractivity contribution in [1.82, 2.24) is 0 Å². The van der Waals surface area contributed by atoms with Crippen molar-refractivity contribution in [2.75, 3.05) is 13.7 Å². The molecule has 3 nitrogen and oxygen atoms in total. The molecule has 0 aromatic heterocycles. The van der Waals surface area contributed by atoms with E-state index in [1.807, 2.05) is 48.5 Å². The standard InChI is InChI=1S/C16H18O3/c1-18-16-14(10-11-17)8-5-9-15(16)19-12-13-6-3-2-4-7-13/h2-9,17H,10-12H2,1H3. The number of methoxy groups -OCH3 is 1. The van der Waals surface area contributed by atoms with Crippen molar-refractivity contribution in [1.29, 1.82) is 0 Å². The van der Waals surface area contributed by atoms with Crippen LogP contribution in [-0.2, 0) is 13.0 Å². The van der Waals surface area contributed by atoms with E-state index in [1.54, 1.807) is 7.11 Å². The van der Waals surface area contributed by atoms with Crippen LogP contribution in [0.15, 0.2) is 48.5 Å². The number of rotatable bonds is 6. The van der Waals surface area contributed by atoms with Gasteiger partial charge in [0.05, 0.1) is 7.11 Å². The summed E-state index contributed by atoms with van der Waals surface area (Å²) in [7, 11) is 1.62. The van der Waals surface area contributed by atoms with E-state index in [2.05, 4.69) is 0 Å². The maximum absolute atomic E-state index is 9.04. The first-order valence-electron chi connectivity index (χ1n) is 6.28. The summed E-state index contributed by atoms with van der Waals surface area (Å²) in [5.41, 5.74) is 2.06. The minimum Gasteiger partial charge on any atom is -0.493 e. The predicted octanol–water partition coefficient (Wildman–Crippen LogP) is 2.81. The molecular formula is C16H18O3. The molecule has 1 N–H and O–H groups in total. The summed E-state index contributed by atoms with van der Waals surface area (Å²) in [5, 5.41) is 9.04. The highest BCUT2D eigenvalue weighted by molar-refractivity contribution is 5.46. The van der Waals surface area contributed by atoms with E-state index in [0.29, 0.717) is 24.5 Å². The van der Waals surface area contributed by atoms with Crippen molar-refractivity contribution in [3.8, 4) is 11.5 Å². The van der Waals surface area contributed by atoms with Crippen LogP contribution >= 0.6 is 0 Å². The average molecular weight is 258 g/mol. The summed E-state index contributed by atoms with van der Waals surface area (Å²) in [6.45, 7) is 0.596. The summed E-state index contributed by atoms with van der Waals surface area (Å²) < 4.78 is 11.2. The van der Waals surface area contributed by atoms with Crippen LogP contribution in [0.2, 0.25) is 0 Å². The number of aliphatic hydroxyl groups is 1. The summed E-state index contributed by atoms with van der Waals surface area (Å²) >= 11 is 0. The number of hydrogen-bond acceptors (Lipinski definition) is 3. The van der Waals surface area contributed by atoms with Crippen LogP contribution in [0.4, 0.5) is 0 Å². The van der Waals surface area contributed by atoms with E-state index in [-0.39, 0.29) is 6.61 Å². The molecule has 0 bridgehead atoms. The molecule has 0 aliphatic heterocycles. The first-order chi connectivity index (χ1) is 9.35. The first kappa shape index (κ1) is 13.4. The lowest BCUT2D eigenvalue weighted by Crippen LogP contribution is -2.01. The van der Waals surface area contributed by atoms with Gasteiger partial charge in [0, 0.05) is 12.2 Å². The van der Waals surface area contributed by atoms with Gasteiger partial charge in [0.15, 0.2) is 11.5 Å². The first-order valence-corrected chi connectivity index (χ1v) is 6.28. The van der Waals surface area contributed by atoms with Gasteiger partial charge in [-0.2, -0.15) is 0 Å². The predicted molar refractivity (Wildman–Crippen MR) is 74.6 cm³/mol. The Morgan fingerprint density at radius 2 is 1.79 bits per heavy atom. The Labute approximate surface area is 113 Å². The van der Waals surface area contributed by atoms with Gasteiger partial charge in [-0.15, -0.1) is 0 Å². The molecule has 3 heteroatoms. The van der Waals surface area contributed by atoms with Gasteiger partial charge in [-0.1, -0.05) is 42.5 Å². The second-order valence-corrected chi connectivity index (χ2v) is 4.20. The number of para-hydroxylation sites is 1. The van der Waals surface area contributed by atoms with E-state index in [9.17, 15) is 0 Å². The van der Waals surface area contributed by atoms with Gasteiger partial charge >= 0.3 is 0 Å². The van der Waals surface area contributed by atoms with Crippen molar-refractivity contribution in [2.45, 2.75) is 13.0 Å². The Kier molecular flexibility index (Phi) is 4.81. The van der Waals surface area contributed by atoms with Gasteiger partial charge in [0.1, 0.15) is 6.61 Å². The molecule has 0 heterocycles. The van der Waals surface area contributed by atoms with Crippen molar-refractivity contribution >= 4 is 0 Å². The molecule has 19 heavy (non-hydrogen) atoms. The molecule has 0 fully saturated rings. The van der Waals surface area contributed by atoms with Gasteiger partial charge in [-0.3, -0.25) is 0 Å². The number of ether oxygens (including phenoxy) is 2. The van der Waals surface area contributed by atoms with Crippen LogP contribution in [0, 0.1) is 0 Å². The average Bonchev–Trinajstić information content (AvgIpc) is 2.46. The minimum absolute atomic E-state index is 0.0957. The fourth-order valence-corrected chi connectivity index (χ4v) is 1.96. The molecule has 2 rings (SSSR count). The van der Waals surface area contributed by atoms with Crippen LogP contribution in [-0.4, -0.2) is 18.8 Å².